The van der Waals surface area contributed by atoms with E-state index in [1.54, 1.807) is 48.5 Å². The zero-order valence-electron chi connectivity index (χ0n) is 35.6. The third kappa shape index (κ3) is 12.9. The van der Waals surface area contributed by atoms with E-state index in [2.05, 4.69) is 11.9 Å². The Kier molecular flexibility index (Phi) is 16.4. The molecule has 0 spiro atoms. The smallest absolute Gasteiger partial charge is 0.481 e. The molecule has 0 atom stereocenters. The summed E-state index contributed by atoms with van der Waals surface area (Å²) in [5.41, 5.74) is -10.6. The Morgan fingerprint density at radius 2 is 0.926 bits per heavy atom. The van der Waals surface area contributed by atoms with Gasteiger partial charge in [-0.2, -0.15) is 52.7 Å². The van der Waals surface area contributed by atoms with Crippen LogP contribution in [0.2, 0.25) is 0 Å². The molecule has 0 bridgehead atoms. The largest absolute Gasteiger partial charge is 0.488 e. The molecule has 0 aliphatic carbocycles. The molecule has 5 aromatic carbocycles. The third-order valence-corrected chi connectivity index (χ3v) is 11.0. The molecule has 0 aliphatic rings. The second-order valence-corrected chi connectivity index (χ2v) is 15.9. The van der Waals surface area contributed by atoms with E-state index >= 15 is 0 Å². The highest BCUT2D eigenvalue weighted by atomic mass is 19.4. The minimum absolute atomic E-state index is 0.0267. The molecule has 5 rings (SSSR count). The molecule has 0 aliphatic heterocycles. The summed E-state index contributed by atoms with van der Waals surface area (Å²) in [5, 5.41) is 54.2. The average Bonchev–Trinajstić information content (AvgIpc) is 3.23. The molecule has 1 amide bonds. The number of hydrogen-bond donors (Lipinski definition) is 6. The van der Waals surface area contributed by atoms with E-state index in [0.29, 0.717) is 32.7 Å². The molecular formula is C44H41B2F12N3O7. The molecule has 0 unspecified atom stereocenters. The topological polar surface area (TPSA) is 154 Å². The van der Waals surface area contributed by atoms with Crippen molar-refractivity contribution in [2.24, 2.45) is 0 Å². The van der Waals surface area contributed by atoms with E-state index in [1.807, 2.05) is 0 Å². The second kappa shape index (κ2) is 20.9. The molecule has 0 fully saturated rings. The summed E-state index contributed by atoms with van der Waals surface area (Å²) in [5.74, 6) is -1.96. The number of alkyl halides is 12. The molecule has 0 saturated carbocycles. The first-order valence-corrected chi connectivity index (χ1v) is 20.3. The van der Waals surface area contributed by atoms with Crippen LogP contribution >= 0.6 is 0 Å². The number of nitrogens with one attached hydrogen (secondary N) is 1. The van der Waals surface area contributed by atoms with Gasteiger partial charge in [-0.1, -0.05) is 55.1 Å². The van der Waals surface area contributed by atoms with Gasteiger partial charge in [0.2, 0.25) is 5.91 Å². The molecule has 0 aromatic heterocycles. The number of aliphatic carboxylic acids is 1. The summed E-state index contributed by atoms with van der Waals surface area (Å²) in [6.07, 6.45) is -22.3. The van der Waals surface area contributed by atoms with Crippen LogP contribution in [0.15, 0.2) is 84.9 Å². The molecule has 5 aromatic rings. The lowest BCUT2D eigenvalue weighted by Crippen LogP contribution is -2.39. The fourth-order valence-corrected chi connectivity index (χ4v) is 7.92. The van der Waals surface area contributed by atoms with Crippen LogP contribution in [0, 0.1) is 0 Å². The number of hydrogen-bond acceptors (Lipinski definition) is 8. The standard InChI is InChI=1S/C44H41B2F12N3O7/c1-24(2)40(64)59-13-7-14-60(22-33-35(43(53,54)55)16-25(41(47,48)49)18-37(33)45(65)66)20-31-27-8-3-5-10-29(27)32(30-11-6-4-9-28(30)31)21-61(15-12-39(62)63)23-34-36(44(56,57)58)17-26(42(50,51)52)19-38(34)46(67)68/h3-6,8-11,16-19,65-68H,1,7,12-15,20-23H2,2H3,(H,59,64)(H,62,63). The van der Waals surface area contributed by atoms with Crippen LogP contribution in [0.4, 0.5) is 52.7 Å². The normalized spacial score (nSPS) is 12.6. The molecule has 0 radical (unpaired) electrons. The summed E-state index contributed by atoms with van der Waals surface area (Å²) in [6, 6.07) is 12.5. The number of halogens is 12. The number of benzene rings is 5. The van der Waals surface area contributed by atoms with Crippen LogP contribution in [0.3, 0.4) is 0 Å². The molecule has 0 saturated heterocycles. The lowest BCUT2D eigenvalue weighted by Gasteiger charge is -2.30. The predicted molar refractivity (Wildman–Crippen MR) is 227 cm³/mol. The molecule has 68 heavy (non-hydrogen) atoms. The Balaban J connectivity index is 1.70. The van der Waals surface area contributed by atoms with Crippen molar-refractivity contribution < 1.29 is 87.5 Å². The van der Waals surface area contributed by atoms with Crippen LogP contribution < -0.4 is 16.2 Å². The number of carboxylic acid groups (broad SMARTS) is 1. The zero-order chi connectivity index (χ0) is 50.7. The number of rotatable bonds is 18. The van der Waals surface area contributed by atoms with Gasteiger partial charge in [-0.25, -0.2) is 0 Å². The maximum atomic E-state index is 14.6. The highest BCUT2D eigenvalue weighted by molar-refractivity contribution is 6.59. The number of amides is 1. The lowest BCUT2D eigenvalue weighted by atomic mass is 9.74. The molecular weight excluding hydrogens is 932 g/mol. The van der Waals surface area contributed by atoms with Gasteiger partial charge in [0.25, 0.3) is 0 Å². The SMILES string of the molecule is C=C(C)C(=O)NCCCN(Cc1c(B(O)O)cc(C(F)(F)F)cc1C(F)(F)F)Cc1c2ccccc2c(CN(CCC(=O)O)Cc2c(B(O)O)cc(C(F)(F)F)cc2C(F)(F)F)c2ccccc12. The summed E-state index contributed by atoms with van der Waals surface area (Å²) < 4.78 is 170. The summed E-state index contributed by atoms with van der Waals surface area (Å²) >= 11 is 0. The maximum Gasteiger partial charge on any atom is 0.488 e. The Morgan fingerprint density at radius 1 is 0.574 bits per heavy atom. The van der Waals surface area contributed by atoms with Gasteiger partial charge in [0.05, 0.1) is 28.7 Å². The highest BCUT2D eigenvalue weighted by Gasteiger charge is 2.43. The minimum atomic E-state index is -5.47. The van der Waals surface area contributed by atoms with E-state index in [4.69, 9.17) is 0 Å². The average molecular weight is 973 g/mol. The maximum absolute atomic E-state index is 14.6. The number of nitrogens with zero attached hydrogens (tertiary/aromatic N) is 2. The van der Waals surface area contributed by atoms with E-state index in [1.165, 1.54) is 11.8 Å². The fraction of sp³-hybridized carbons (Fsp3) is 0.318. The van der Waals surface area contributed by atoms with Gasteiger partial charge in [0.15, 0.2) is 0 Å². The van der Waals surface area contributed by atoms with Gasteiger partial charge in [0, 0.05) is 51.4 Å². The van der Waals surface area contributed by atoms with Crippen molar-refractivity contribution >= 4 is 58.6 Å². The quantitative estimate of drug-likeness (QED) is 0.0180. The van der Waals surface area contributed by atoms with Gasteiger partial charge in [0.1, 0.15) is 0 Å². The molecule has 6 N–H and O–H groups in total. The van der Waals surface area contributed by atoms with Crippen LogP contribution in [-0.2, 0) is 60.5 Å². The summed E-state index contributed by atoms with van der Waals surface area (Å²) in [7, 11) is -5.64. The van der Waals surface area contributed by atoms with Crippen LogP contribution in [0.5, 0.6) is 0 Å². The van der Waals surface area contributed by atoms with Crippen molar-refractivity contribution in [3.05, 3.63) is 129 Å². The van der Waals surface area contributed by atoms with Gasteiger partial charge >= 0.3 is 44.9 Å². The first-order valence-electron chi connectivity index (χ1n) is 20.3. The zero-order valence-corrected chi connectivity index (χ0v) is 35.6. The Morgan fingerprint density at radius 3 is 1.24 bits per heavy atom. The number of carboxylic acids is 1. The monoisotopic (exact) mass is 973 g/mol. The van der Waals surface area contributed by atoms with Crippen molar-refractivity contribution in [3.63, 3.8) is 0 Å². The van der Waals surface area contributed by atoms with E-state index in [9.17, 15) is 87.5 Å². The van der Waals surface area contributed by atoms with Crippen LogP contribution in [-0.4, -0.2) is 80.7 Å². The summed E-state index contributed by atoms with van der Waals surface area (Å²) in [6.45, 7) is 1.67. The minimum Gasteiger partial charge on any atom is -0.481 e. The Bertz CT molecular complexity index is 2620. The van der Waals surface area contributed by atoms with Crippen LogP contribution in [0.25, 0.3) is 21.5 Å². The summed E-state index contributed by atoms with van der Waals surface area (Å²) in [4.78, 5) is 26.6. The van der Waals surface area contributed by atoms with Gasteiger partial charge < -0.3 is 30.5 Å². The third-order valence-electron chi connectivity index (χ3n) is 11.0. The van der Waals surface area contributed by atoms with Crippen molar-refractivity contribution in [2.45, 2.75) is 70.6 Å². The van der Waals surface area contributed by atoms with Crippen LogP contribution in [0.1, 0.15) is 64.3 Å². The first kappa shape index (κ1) is 53.3. The molecule has 24 heteroatoms. The lowest BCUT2D eigenvalue weighted by molar-refractivity contribution is -0.145. The van der Waals surface area contributed by atoms with E-state index < -0.39 is 128 Å². The van der Waals surface area contributed by atoms with Crippen molar-refractivity contribution in [1.82, 2.24) is 15.1 Å². The van der Waals surface area contributed by atoms with Crippen molar-refractivity contribution in [2.75, 3.05) is 19.6 Å². The number of carbonyl (C=O) groups is 2. The Hall–Kier alpha value is -5.65. The fourth-order valence-electron chi connectivity index (χ4n) is 7.92. The van der Waals surface area contributed by atoms with Gasteiger partial charge in [-0.3, -0.25) is 19.4 Å². The second-order valence-electron chi connectivity index (χ2n) is 15.9. The van der Waals surface area contributed by atoms with Crippen molar-refractivity contribution in [3.8, 4) is 0 Å². The highest BCUT2D eigenvalue weighted by Crippen LogP contribution is 2.41. The Labute approximate surface area is 380 Å². The van der Waals surface area contributed by atoms with Crippen molar-refractivity contribution in [1.29, 1.82) is 0 Å². The molecule has 364 valence electrons. The molecule has 10 nitrogen and oxygen atoms in total. The van der Waals surface area contributed by atoms with E-state index in [-0.39, 0.29) is 55.9 Å². The van der Waals surface area contributed by atoms with Gasteiger partial charge in [-0.15, -0.1) is 0 Å². The van der Waals surface area contributed by atoms with E-state index in [0.717, 1.165) is 4.90 Å². The first-order chi connectivity index (χ1) is 31.5. The number of fused-ring (bicyclic) bond motifs is 2. The number of carbonyl (C=O) groups excluding carboxylic acids is 1. The van der Waals surface area contributed by atoms with Gasteiger partial charge in [-0.05, 0) is 92.3 Å². The predicted octanol–water partition coefficient (Wildman–Crippen LogP) is 6.99. The molecule has 0 heterocycles.